The number of hydrogen-bond donors (Lipinski definition) is 5. The third-order valence-corrected chi connectivity index (χ3v) is 8.34. The fraction of sp³-hybridized carbons (Fsp3) is 0.412. The molecule has 3 aromatic rings. The van der Waals surface area contributed by atoms with Crippen LogP contribution in [-0.4, -0.2) is 79.7 Å². The summed E-state index contributed by atoms with van der Waals surface area (Å²) in [4.78, 5) is 78.6. The molecule has 1 aromatic heterocycles. The number of nitrogens with zero attached hydrogens (tertiary/aromatic N) is 2. The number of benzene rings is 2. The highest BCUT2D eigenvalue weighted by Crippen LogP contribution is 2.38. The van der Waals surface area contributed by atoms with E-state index < -0.39 is 65.0 Å². The third-order valence-electron chi connectivity index (χ3n) is 8.34. The summed E-state index contributed by atoms with van der Waals surface area (Å²) >= 11 is 0. The average molecular weight is 646 g/mol. The molecule has 13 heteroatoms. The number of carboxylic acid groups (broad SMARTS) is 1. The van der Waals surface area contributed by atoms with Crippen molar-refractivity contribution in [1.82, 2.24) is 20.2 Å². The molecule has 0 bridgehead atoms. The number of H-pyrrole nitrogens is 1. The smallest absolute Gasteiger partial charge is 0.418 e. The van der Waals surface area contributed by atoms with Crippen LogP contribution in [0.2, 0.25) is 0 Å². The van der Waals surface area contributed by atoms with E-state index in [2.05, 4.69) is 21.4 Å². The number of nitrogens with one attached hydrogen (secondary N) is 2. The number of imidazole rings is 1. The molecule has 1 radical (unpaired) electrons. The van der Waals surface area contributed by atoms with Gasteiger partial charge in [0.25, 0.3) is 5.91 Å². The Labute approximate surface area is 273 Å². The van der Waals surface area contributed by atoms with Gasteiger partial charge in [0.05, 0.1) is 36.1 Å². The number of carbonyl (C=O) groups is 5. The van der Waals surface area contributed by atoms with E-state index in [0.717, 1.165) is 0 Å². The molecule has 1 saturated heterocycles. The van der Waals surface area contributed by atoms with Crippen LogP contribution in [0, 0.1) is 17.9 Å². The molecule has 13 nitrogen and oxygen atoms in total. The average Bonchev–Trinajstić information content (AvgIpc) is 3.79. The van der Waals surface area contributed by atoms with Crippen molar-refractivity contribution in [1.29, 1.82) is 0 Å². The molecule has 47 heavy (non-hydrogen) atoms. The maximum absolute atomic E-state index is 14.8. The molecule has 1 fully saturated rings. The van der Waals surface area contributed by atoms with Crippen LogP contribution in [-0.2, 0) is 43.4 Å². The molecule has 2 heterocycles. The Morgan fingerprint density at radius 2 is 1.79 bits per heavy atom. The minimum atomic E-state index is -3.13. The molecule has 7 N–H and O–H groups in total. The van der Waals surface area contributed by atoms with Gasteiger partial charge in [-0.05, 0) is 48.9 Å². The minimum Gasteiger partial charge on any atom is -0.479 e. The lowest BCUT2D eigenvalue weighted by atomic mass is 9.67. The highest BCUT2D eigenvalue weighted by atomic mass is 16.6. The van der Waals surface area contributed by atoms with Gasteiger partial charge in [-0.1, -0.05) is 68.4 Å². The Hall–Kier alpha value is -4.72. The first-order chi connectivity index (χ1) is 22.5. The molecule has 5 atom stereocenters. The number of nitrogens with two attached hydrogens (primary N) is 2. The lowest BCUT2D eigenvalue weighted by Gasteiger charge is -2.45. The van der Waals surface area contributed by atoms with E-state index in [1.807, 2.05) is 0 Å². The van der Waals surface area contributed by atoms with Gasteiger partial charge in [0, 0.05) is 12.6 Å². The van der Waals surface area contributed by atoms with E-state index in [4.69, 9.17) is 16.2 Å². The number of ketones is 2. The number of carbonyl (C=O) groups excluding carboxylic acids is 4. The van der Waals surface area contributed by atoms with E-state index >= 15 is 0 Å². The van der Waals surface area contributed by atoms with E-state index in [9.17, 15) is 29.1 Å². The molecule has 0 spiro atoms. The highest BCUT2D eigenvalue weighted by Gasteiger charge is 2.66. The Morgan fingerprint density at radius 1 is 1.06 bits per heavy atom. The Morgan fingerprint density at radius 3 is 2.36 bits per heavy atom. The SMILES string of the molecule is CC(C)C(C(=O)C1CCCN1)C(C(=O)O)(C(=O)C(N)Cc1[c]cccc1)N(C(=O)OCc1ccccc1)C(=O)C(N)Cc1c[nH]cn1. The molecule has 249 valence electrons. The number of ether oxygens (including phenoxy) is 1. The number of rotatable bonds is 15. The first-order valence-electron chi connectivity index (χ1n) is 15.5. The maximum Gasteiger partial charge on any atom is 0.418 e. The third kappa shape index (κ3) is 7.81. The summed E-state index contributed by atoms with van der Waals surface area (Å²) in [6, 6.07) is 14.2. The van der Waals surface area contributed by atoms with Crippen molar-refractivity contribution in [3.05, 3.63) is 90.0 Å². The molecular formula is C34H41N6O7. The highest BCUT2D eigenvalue weighted by molar-refractivity contribution is 6.19. The Balaban J connectivity index is 1.91. The van der Waals surface area contributed by atoms with E-state index in [1.165, 1.54) is 12.5 Å². The van der Waals surface area contributed by atoms with E-state index in [1.54, 1.807) is 68.4 Å². The summed E-state index contributed by atoms with van der Waals surface area (Å²) < 4.78 is 5.54. The summed E-state index contributed by atoms with van der Waals surface area (Å²) in [5, 5.41) is 14.3. The lowest BCUT2D eigenvalue weighted by molar-refractivity contribution is -0.172. The monoisotopic (exact) mass is 645 g/mol. The topological polar surface area (TPSA) is 211 Å². The molecular weight excluding hydrogens is 604 g/mol. The van der Waals surface area contributed by atoms with E-state index in [-0.39, 0.29) is 24.3 Å². The fourth-order valence-corrected chi connectivity index (χ4v) is 6.14. The number of carboxylic acids is 1. The van der Waals surface area contributed by atoms with Crippen molar-refractivity contribution in [2.45, 2.75) is 69.8 Å². The van der Waals surface area contributed by atoms with Crippen LogP contribution in [0.25, 0.3) is 0 Å². The number of amides is 2. The van der Waals surface area contributed by atoms with Crippen LogP contribution in [0.3, 0.4) is 0 Å². The van der Waals surface area contributed by atoms with Crippen molar-refractivity contribution in [3.63, 3.8) is 0 Å². The van der Waals surface area contributed by atoms with Crippen LogP contribution in [0.1, 0.15) is 43.5 Å². The Bertz CT molecular complexity index is 1530. The summed E-state index contributed by atoms with van der Waals surface area (Å²) in [7, 11) is 0. The second kappa shape index (κ2) is 15.7. The predicted octanol–water partition coefficient (Wildman–Crippen LogP) is 1.80. The van der Waals surface area contributed by atoms with Gasteiger partial charge in [-0.2, -0.15) is 0 Å². The normalized spacial score (nSPS) is 17.7. The van der Waals surface area contributed by atoms with Crippen molar-refractivity contribution < 1.29 is 33.8 Å². The fourth-order valence-electron chi connectivity index (χ4n) is 6.14. The summed E-state index contributed by atoms with van der Waals surface area (Å²) in [6.07, 6.45) is 2.00. The van der Waals surface area contributed by atoms with Crippen molar-refractivity contribution in [2.24, 2.45) is 23.3 Å². The van der Waals surface area contributed by atoms with Crippen molar-refractivity contribution >= 4 is 29.5 Å². The van der Waals surface area contributed by atoms with Crippen LogP contribution in [0.15, 0.2) is 67.1 Å². The number of hydrogen-bond acceptors (Lipinski definition) is 10. The summed E-state index contributed by atoms with van der Waals surface area (Å²) in [5.41, 5.74) is 11.0. The van der Waals surface area contributed by atoms with Crippen molar-refractivity contribution in [3.8, 4) is 0 Å². The van der Waals surface area contributed by atoms with Gasteiger partial charge in [-0.15, -0.1) is 0 Å². The molecule has 0 saturated carbocycles. The Kier molecular flexibility index (Phi) is 11.8. The molecule has 1 aliphatic rings. The largest absolute Gasteiger partial charge is 0.479 e. The first-order valence-corrected chi connectivity index (χ1v) is 15.5. The van der Waals surface area contributed by atoms with Crippen LogP contribution in [0.5, 0.6) is 0 Å². The predicted molar refractivity (Wildman–Crippen MR) is 170 cm³/mol. The zero-order valence-corrected chi connectivity index (χ0v) is 26.4. The zero-order chi connectivity index (χ0) is 34.1. The maximum atomic E-state index is 14.8. The zero-order valence-electron chi connectivity index (χ0n) is 26.4. The number of aromatic amines is 1. The minimum absolute atomic E-state index is 0.185. The molecule has 2 aromatic carbocycles. The number of Topliss-reactive ketones (excluding diaryl/α,β-unsaturated/α-hetero) is 2. The lowest BCUT2D eigenvalue weighted by Crippen LogP contribution is -2.75. The van der Waals surface area contributed by atoms with E-state index in [0.29, 0.717) is 36.2 Å². The molecule has 5 unspecified atom stereocenters. The second-order valence-corrected chi connectivity index (χ2v) is 12.0. The van der Waals surface area contributed by atoms with Gasteiger partial charge in [0.15, 0.2) is 11.6 Å². The number of aliphatic carboxylic acids is 1. The van der Waals surface area contributed by atoms with Gasteiger partial charge in [0.1, 0.15) is 6.61 Å². The standard InChI is InChI=1S/C34H41N6O7/c1-21(2)28(29(41)27-14-9-15-38-27)34(32(44)45,30(42)25(35)16-22-10-5-3-6-11-22)40(31(43)26(36)17-24-18-37-20-39-24)33(46)47-19-23-12-7-4-8-13-23/h3-8,10,12-13,18,20-21,25-28,38H,9,14-17,19,35-36H2,1-2H3,(H,37,39)(H,44,45). The van der Waals surface area contributed by atoms with Crippen LogP contribution < -0.4 is 16.8 Å². The van der Waals surface area contributed by atoms with Gasteiger partial charge >= 0.3 is 12.1 Å². The van der Waals surface area contributed by atoms with Crippen LogP contribution >= 0.6 is 0 Å². The molecule has 4 rings (SSSR count). The summed E-state index contributed by atoms with van der Waals surface area (Å²) in [5.74, 6) is -7.58. The first kappa shape index (κ1) is 35.1. The number of aromatic nitrogens is 2. The molecule has 2 amide bonds. The summed E-state index contributed by atoms with van der Waals surface area (Å²) in [6.45, 7) is 3.24. The number of imide groups is 1. The van der Waals surface area contributed by atoms with Gasteiger partial charge in [-0.3, -0.25) is 14.4 Å². The molecule has 1 aliphatic heterocycles. The quantitative estimate of drug-likeness (QED) is 0.150. The van der Waals surface area contributed by atoms with Crippen molar-refractivity contribution in [2.75, 3.05) is 6.54 Å². The van der Waals surface area contributed by atoms with Gasteiger partial charge < -0.3 is 31.6 Å². The molecule has 0 aliphatic carbocycles. The van der Waals surface area contributed by atoms with Gasteiger partial charge in [-0.25, -0.2) is 19.5 Å². The van der Waals surface area contributed by atoms with Crippen LogP contribution in [0.4, 0.5) is 4.79 Å². The van der Waals surface area contributed by atoms with Gasteiger partial charge in [0.2, 0.25) is 5.54 Å². The second-order valence-electron chi connectivity index (χ2n) is 12.0.